The zero-order chi connectivity index (χ0) is 15.3. The molecule has 1 aromatic rings. The number of hydrogen-bond donors (Lipinski definition) is 2. The molecule has 0 bridgehead atoms. The summed E-state index contributed by atoms with van der Waals surface area (Å²) < 4.78 is 0. The fraction of sp³-hybridized carbons (Fsp3) is 0.167. The van der Waals surface area contributed by atoms with E-state index in [0.717, 1.165) is 0 Å². The molecule has 0 aliphatic carbocycles. The van der Waals surface area contributed by atoms with Crippen molar-refractivity contribution in [2.45, 2.75) is 6.92 Å². The van der Waals surface area contributed by atoms with E-state index in [0.29, 0.717) is 17.3 Å². The quantitative estimate of drug-likeness (QED) is 0.808. The zero-order valence-electron chi connectivity index (χ0n) is 10.3. The molecule has 0 fully saturated rings. The van der Waals surface area contributed by atoms with E-state index in [9.17, 15) is 9.59 Å². The minimum Gasteiger partial charge on any atom is -0.352 e. The number of hydrogen-bond acceptors (Lipinski definition) is 2. The highest BCUT2D eigenvalue weighted by molar-refractivity contribution is 6.54. The van der Waals surface area contributed by atoms with Gasteiger partial charge in [0, 0.05) is 12.2 Å². The Hall–Kier alpha value is -0.940. The predicted octanol–water partition coefficient (Wildman–Crippen LogP) is 3.76. The van der Waals surface area contributed by atoms with Gasteiger partial charge in [0.25, 0.3) is 11.8 Å². The second-order valence-electron chi connectivity index (χ2n) is 3.57. The van der Waals surface area contributed by atoms with E-state index in [1.54, 1.807) is 6.92 Å². The first-order chi connectivity index (χ1) is 9.36. The summed E-state index contributed by atoms with van der Waals surface area (Å²) in [6.07, 6.45) is 0. The van der Waals surface area contributed by atoms with Gasteiger partial charge in [-0.25, -0.2) is 0 Å². The van der Waals surface area contributed by atoms with Crippen LogP contribution in [0.25, 0.3) is 0 Å². The van der Waals surface area contributed by atoms with E-state index in [4.69, 9.17) is 46.4 Å². The summed E-state index contributed by atoms with van der Waals surface area (Å²) in [5, 5.41) is 4.72. The van der Waals surface area contributed by atoms with Crippen LogP contribution in [-0.4, -0.2) is 18.4 Å². The maximum atomic E-state index is 11.8. The minimum atomic E-state index is -0.721. The molecule has 0 heterocycles. The van der Waals surface area contributed by atoms with Gasteiger partial charge < -0.3 is 10.6 Å². The van der Waals surface area contributed by atoms with Crippen LogP contribution in [0.3, 0.4) is 0 Å². The molecule has 2 N–H and O–H groups in total. The lowest BCUT2D eigenvalue weighted by Gasteiger charge is -2.07. The highest BCUT2D eigenvalue weighted by atomic mass is 35.5. The Labute approximate surface area is 136 Å². The summed E-state index contributed by atoms with van der Waals surface area (Å²) in [5.41, 5.74) is 0.378. The monoisotopic (exact) mass is 354 g/mol. The van der Waals surface area contributed by atoms with Gasteiger partial charge in [-0.05, 0) is 25.1 Å². The van der Waals surface area contributed by atoms with Crippen molar-refractivity contribution in [3.63, 3.8) is 0 Å². The second-order valence-corrected chi connectivity index (χ2v) is 5.14. The third-order valence-electron chi connectivity index (χ3n) is 2.11. The molecule has 108 valence electrons. The fourth-order valence-electron chi connectivity index (χ4n) is 1.20. The summed E-state index contributed by atoms with van der Waals surface area (Å²) >= 11 is 23.0. The van der Waals surface area contributed by atoms with Crippen molar-refractivity contribution in [2.75, 3.05) is 11.9 Å². The number of nitrogens with one attached hydrogen (secondary N) is 2. The van der Waals surface area contributed by atoms with Crippen molar-refractivity contribution in [2.24, 2.45) is 0 Å². The lowest BCUT2D eigenvalue weighted by Crippen LogP contribution is -2.25. The van der Waals surface area contributed by atoms with Crippen LogP contribution in [0, 0.1) is 0 Å². The molecule has 1 rings (SSSR count). The molecule has 0 atom stereocenters. The Morgan fingerprint density at radius 1 is 1.05 bits per heavy atom. The topological polar surface area (TPSA) is 58.2 Å². The highest BCUT2D eigenvalue weighted by Gasteiger charge is 2.17. The van der Waals surface area contributed by atoms with Crippen LogP contribution in [0.5, 0.6) is 0 Å². The molecule has 4 nitrogen and oxygen atoms in total. The molecule has 0 radical (unpaired) electrons. The number of benzene rings is 1. The average molecular weight is 356 g/mol. The molecule has 0 saturated heterocycles. The van der Waals surface area contributed by atoms with Crippen LogP contribution in [-0.2, 0) is 9.59 Å². The number of carbonyl (C=O) groups excluding carboxylic acids is 2. The van der Waals surface area contributed by atoms with Gasteiger partial charge in [0.15, 0.2) is 0 Å². The van der Waals surface area contributed by atoms with E-state index < -0.39 is 16.8 Å². The number of carbonyl (C=O) groups is 2. The first kappa shape index (κ1) is 17.1. The molecule has 8 heteroatoms. The maximum Gasteiger partial charge on any atom is 0.268 e. The number of halogens is 4. The molecule has 0 aliphatic rings. The molecule has 1 aromatic carbocycles. The van der Waals surface area contributed by atoms with Gasteiger partial charge >= 0.3 is 0 Å². The largest absolute Gasteiger partial charge is 0.352 e. The van der Waals surface area contributed by atoms with Crippen LogP contribution in [0.4, 0.5) is 5.69 Å². The summed E-state index contributed by atoms with van der Waals surface area (Å²) in [7, 11) is 0. The van der Waals surface area contributed by atoms with Crippen LogP contribution in [0.2, 0.25) is 10.0 Å². The van der Waals surface area contributed by atoms with Gasteiger partial charge in [0.05, 0.1) is 10.0 Å². The van der Waals surface area contributed by atoms with E-state index in [2.05, 4.69) is 10.6 Å². The molecule has 0 aromatic heterocycles. The number of likely N-dealkylation sites (N-methyl/N-ethyl adjacent to an activating group) is 1. The van der Waals surface area contributed by atoms with Crippen LogP contribution < -0.4 is 10.6 Å². The number of amides is 2. The summed E-state index contributed by atoms with van der Waals surface area (Å²) in [4.78, 5) is 23.3. The first-order valence-electron chi connectivity index (χ1n) is 5.46. The normalized spacial score (nSPS) is 11.7. The van der Waals surface area contributed by atoms with Gasteiger partial charge in [-0.15, -0.1) is 0 Å². The molecule has 20 heavy (non-hydrogen) atoms. The molecule has 0 spiro atoms. The van der Waals surface area contributed by atoms with E-state index in [1.165, 1.54) is 18.2 Å². The highest BCUT2D eigenvalue weighted by Crippen LogP contribution is 2.25. The van der Waals surface area contributed by atoms with Crippen LogP contribution in [0.1, 0.15) is 6.92 Å². The van der Waals surface area contributed by atoms with Gasteiger partial charge in [-0.3, -0.25) is 9.59 Å². The molecular weight excluding hydrogens is 346 g/mol. The lowest BCUT2D eigenvalue weighted by atomic mass is 10.3. The van der Waals surface area contributed by atoms with Gasteiger partial charge in [-0.2, -0.15) is 0 Å². The van der Waals surface area contributed by atoms with Crippen molar-refractivity contribution in [1.29, 1.82) is 0 Å². The molecule has 0 saturated carbocycles. The first-order valence-corrected chi connectivity index (χ1v) is 6.97. The number of rotatable bonds is 4. The Morgan fingerprint density at radius 3 is 2.20 bits per heavy atom. The van der Waals surface area contributed by atoms with Crippen molar-refractivity contribution in [3.05, 3.63) is 38.3 Å². The van der Waals surface area contributed by atoms with Crippen molar-refractivity contribution < 1.29 is 9.59 Å². The lowest BCUT2D eigenvalue weighted by molar-refractivity contribution is -0.117. The summed E-state index contributed by atoms with van der Waals surface area (Å²) in [6, 6.07) is 4.50. The molecule has 0 unspecified atom stereocenters. The fourth-order valence-corrected chi connectivity index (χ4v) is 1.78. The van der Waals surface area contributed by atoms with Gasteiger partial charge in [0.2, 0.25) is 0 Å². The molecule has 0 aliphatic heterocycles. The zero-order valence-corrected chi connectivity index (χ0v) is 13.3. The third-order valence-corrected chi connectivity index (χ3v) is 3.66. The number of anilines is 1. The SMILES string of the molecule is CCNC(=O)/C(Cl)=C(/Cl)C(=O)Nc1ccc(Cl)c(Cl)c1. The van der Waals surface area contributed by atoms with E-state index in [1.807, 2.05) is 0 Å². The van der Waals surface area contributed by atoms with Gasteiger partial charge in [-0.1, -0.05) is 46.4 Å². The maximum absolute atomic E-state index is 11.8. The Bertz CT molecular complexity index is 573. The minimum absolute atomic E-state index is 0.277. The van der Waals surface area contributed by atoms with E-state index in [-0.39, 0.29) is 10.1 Å². The standard InChI is InChI=1S/C12H10Cl4N2O2/c1-2-17-11(19)9(15)10(16)12(20)18-6-3-4-7(13)8(14)5-6/h3-5H,2H2,1H3,(H,17,19)(H,18,20)/b10-9-. The van der Waals surface area contributed by atoms with Crippen LogP contribution >= 0.6 is 46.4 Å². The van der Waals surface area contributed by atoms with E-state index >= 15 is 0 Å². The summed E-state index contributed by atoms with van der Waals surface area (Å²) in [5.74, 6) is -1.34. The Balaban J connectivity index is 2.87. The average Bonchev–Trinajstić information content (AvgIpc) is 2.41. The van der Waals surface area contributed by atoms with Crippen molar-refractivity contribution >= 4 is 63.9 Å². The third kappa shape index (κ3) is 4.56. The Kier molecular flexibility index (Phi) is 6.62. The van der Waals surface area contributed by atoms with Crippen molar-refractivity contribution in [1.82, 2.24) is 5.32 Å². The van der Waals surface area contributed by atoms with Gasteiger partial charge in [0.1, 0.15) is 10.1 Å². The predicted molar refractivity (Wildman–Crippen MR) is 82.5 cm³/mol. The van der Waals surface area contributed by atoms with Crippen LogP contribution in [0.15, 0.2) is 28.3 Å². The van der Waals surface area contributed by atoms with Crippen molar-refractivity contribution in [3.8, 4) is 0 Å². The Morgan fingerprint density at radius 2 is 1.65 bits per heavy atom. The molecular formula is C12H10Cl4N2O2. The second kappa shape index (κ2) is 7.74. The summed E-state index contributed by atoms with van der Waals surface area (Å²) in [6.45, 7) is 2.08. The molecule has 2 amide bonds. The smallest absolute Gasteiger partial charge is 0.268 e.